The van der Waals surface area contributed by atoms with Gasteiger partial charge in [-0.25, -0.2) is 4.98 Å². The Hall–Kier alpha value is -0.800. The summed E-state index contributed by atoms with van der Waals surface area (Å²) in [6.07, 6.45) is 2.87. The lowest BCUT2D eigenvalue weighted by molar-refractivity contribution is 0.298. The first-order valence-electron chi connectivity index (χ1n) is 5.68. The summed E-state index contributed by atoms with van der Waals surface area (Å²) < 4.78 is 5.45. The number of rotatable bonds is 7. The van der Waals surface area contributed by atoms with Crippen molar-refractivity contribution in [1.82, 2.24) is 10.3 Å². The van der Waals surface area contributed by atoms with E-state index >= 15 is 0 Å². The van der Waals surface area contributed by atoms with Gasteiger partial charge in [0.25, 0.3) is 0 Å². The lowest BCUT2D eigenvalue weighted by Crippen LogP contribution is -2.25. The van der Waals surface area contributed by atoms with Crippen LogP contribution in [0.25, 0.3) is 0 Å². The molecule has 0 radical (unpaired) electrons. The number of nitrogens with zero attached hydrogens (tertiary/aromatic N) is 1. The number of hydrogen-bond acceptors (Lipinski definition) is 3. The third-order valence-corrected chi connectivity index (χ3v) is 2.72. The zero-order valence-corrected chi connectivity index (χ0v) is 10.6. The fraction of sp³-hybridized carbons (Fsp3) is 0.583. The van der Waals surface area contributed by atoms with Gasteiger partial charge in [-0.05, 0) is 24.6 Å². The Bertz CT molecular complexity index is 307. The highest BCUT2D eigenvalue weighted by atomic mass is 35.5. The average molecular weight is 243 g/mol. The third kappa shape index (κ3) is 4.81. The zero-order chi connectivity index (χ0) is 11.8. The van der Waals surface area contributed by atoms with Gasteiger partial charge in [-0.3, -0.25) is 0 Å². The molecule has 0 fully saturated rings. The molecule has 1 N–H and O–H groups in total. The van der Waals surface area contributed by atoms with E-state index in [-0.39, 0.29) is 0 Å². The Labute approximate surface area is 102 Å². The van der Waals surface area contributed by atoms with Gasteiger partial charge in [0, 0.05) is 12.7 Å². The molecule has 1 atom stereocenters. The van der Waals surface area contributed by atoms with Gasteiger partial charge in [-0.1, -0.05) is 31.9 Å². The zero-order valence-electron chi connectivity index (χ0n) is 9.87. The normalized spacial score (nSPS) is 12.4. The molecule has 1 rings (SSSR count). The predicted molar refractivity (Wildman–Crippen MR) is 67.1 cm³/mol. The second kappa shape index (κ2) is 7.47. The summed E-state index contributed by atoms with van der Waals surface area (Å²) >= 11 is 5.90. The second-order valence-electron chi connectivity index (χ2n) is 3.86. The first-order valence-corrected chi connectivity index (χ1v) is 6.05. The van der Waals surface area contributed by atoms with Crippen molar-refractivity contribution in [3.63, 3.8) is 0 Å². The number of halogens is 1. The number of hydrogen-bond donors (Lipinski definition) is 1. The van der Waals surface area contributed by atoms with Crippen molar-refractivity contribution in [3.8, 4) is 5.88 Å². The van der Waals surface area contributed by atoms with E-state index in [0.29, 0.717) is 23.4 Å². The maximum atomic E-state index is 5.90. The summed E-state index contributed by atoms with van der Waals surface area (Å²) in [6.45, 7) is 6.85. The number of ether oxygens (including phenoxy) is 1. The first-order chi connectivity index (χ1) is 7.74. The minimum Gasteiger partial charge on any atom is -0.475 e. The predicted octanol–water partition coefficient (Wildman–Crippen LogP) is 2.75. The molecule has 16 heavy (non-hydrogen) atoms. The summed E-state index contributed by atoms with van der Waals surface area (Å²) in [4.78, 5) is 4.05. The van der Waals surface area contributed by atoms with Crippen molar-refractivity contribution in [2.45, 2.75) is 20.3 Å². The minimum atomic E-state index is 0.509. The summed E-state index contributed by atoms with van der Waals surface area (Å²) in [6, 6.07) is 3.56. The molecule has 1 unspecified atom stereocenters. The quantitative estimate of drug-likeness (QED) is 0.747. The van der Waals surface area contributed by atoms with Crippen LogP contribution in [0, 0.1) is 5.92 Å². The molecule has 0 saturated heterocycles. The molecule has 0 aliphatic heterocycles. The lowest BCUT2D eigenvalue weighted by atomic mass is 10.1. The van der Waals surface area contributed by atoms with Crippen molar-refractivity contribution >= 4 is 11.6 Å². The molecule has 1 aromatic rings. The smallest absolute Gasteiger partial charge is 0.232 e. The van der Waals surface area contributed by atoms with Gasteiger partial charge >= 0.3 is 0 Å². The fourth-order valence-electron chi connectivity index (χ4n) is 1.19. The molecule has 3 nitrogen and oxygen atoms in total. The number of nitrogens with one attached hydrogen (secondary N) is 1. The first kappa shape index (κ1) is 13.3. The van der Waals surface area contributed by atoms with Crippen LogP contribution in [-0.2, 0) is 0 Å². The van der Waals surface area contributed by atoms with Gasteiger partial charge in [-0.15, -0.1) is 0 Å². The molecule has 0 aliphatic rings. The fourth-order valence-corrected chi connectivity index (χ4v) is 1.37. The van der Waals surface area contributed by atoms with E-state index in [1.165, 1.54) is 6.42 Å². The van der Waals surface area contributed by atoms with Gasteiger partial charge in [0.05, 0.1) is 0 Å². The largest absolute Gasteiger partial charge is 0.475 e. The van der Waals surface area contributed by atoms with Crippen LogP contribution in [0.1, 0.15) is 20.3 Å². The molecule has 0 amide bonds. The number of aromatic nitrogens is 1. The molecular weight excluding hydrogens is 224 g/mol. The van der Waals surface area contributed by atoms with Crippen molar-refractivity contribution < 1.29 is 4.74 Å². The van der Waals surface area contributed by atoms with Gasteiger partial charge < -0.3 is 10.1 Å². The van der Waals surface area contributed by atoms with Gasteiger partial charge in [0.2, 0.25) is 5.88 Å². The van der Waals surface area contributed by atoms with Crippen LogP contribution in [0.4, 0.5) is 0 Å². The van der Waals surface area contributed by atoms with E-state index in [1.807, 2.05) is 0 Å². The van der Waals surface area contributed by atoms with Crippen LogP contribution in [-0.4, -0.2) is 24.7 Å². The summed E-state index contributed by atoms with van der Waals surface area (Å²) in [5, 5.41) is 3.89. The van der Waals surface area contributed by atoms with Gasteiger partial charge in [0.15, 0.2) is 0 Å². The van der Waals surface area contributed by atoms with E-state index in [2.05, 4.69) is 24.1 Å². The Morgan fingerprint density at radius 2 is 2.38 bits per heavy atom. The standard InChI is InChI=1S/C12H19ClN2O/c1-3-10(2)9-14-7-8-16-12-11(13)5-4-6-15-12/h4-6,10,14H,3,7-9H2,1-2H3. The van der Waals surface area contributed by atoms with Crippen LogP contribution < -0.4 is 10.1 Å². The Kier molecular flexibility index (Phi) is 6.19. The average Bonchev–Trinajstić information content (AvgIpc) is 2.30. The van der Waals surface area contributed by atoms with Crippen molar-refractivity contribution in [2.24, 2.45) is 5.92 Å². The summed E-state index contributed by atoms with van der Waals surface area (Å²) in [5.41, 5.74) is 0. The topological polar surface area (TPSA) is 34.1 Å². The summed E-state index contributed by atoms with van der Waals surface area (Å²) in [5.74, 6) is 1.22. The molecule has 0 spiro atoms. The monoisotopic (exact) mass is 242 g/mol. The highest BCUT2D eigenvalue weighted by Crippen LogP contribution is 2.19. The van der Waals surface area contributed by atoms with Crippen LogP contribution in [0.15, 0.2) is 18.3 Å². The minimum absolute atomic E-state index is 0.509. The molecule has 90 valence electrons. The summed E-state index contributed by atoms with van der Waals surface area (Å²) in [7, 11) is 0. The van der Waals surface area contributed by atoms with Crippen LogP contribution in [0.2, 0.25) is 5.02 Å². The van der Waals surface area contributed by atoms with Gasteiger partial charge in [0.1, 0.15) is 11.6 Å². The van der Waals surface area contributed by atoms with Crippen LogP contribution in [0.5, 0.6) is 5.88 Å². The van der Waals surface area contributed by atoms with Crippen molar-refractivity contribution in [3.05, 3.63) is 23.4 Å². The lowest BCUT2D eigenvalue weighted by Gasteiger charge is -2.10. The third-order valence-electron chi connectivity index (χ3n) is 2.43. The van der Waals surface area contributed by atoms with Crippen molar-refractivity contribution in [1.29, 1.82) is 0 Å². The maximum Gasteiger partial charge on any atom is 0.232 e. The van der Waals surface area contributed by atoms with E-state index in [0.717, 1.165) is 13.1 Å². The van der Waals surface area contributed by atoms with E-state index in [9.17, 15) is 0 Å². The molecule has 0 bridgehead atoms. The van der Waals surface area contributed by atoms with E-state index < -0.39 is 0 Å². The highest BCUT2D eigenvalue weighted by Gasteiger charge is 2.01. The van der Waals surface area contributed by atoms with Crippen molar-refractivity contribution in [2.75, 3.05) is 19.7 Å². The molecule has 0 aromatic carbocycles. The molecule has 0 aliphatic carbocycles. The molecule has 0 saturated carbocycles. The van der Waals surface area contributed by atoms with E-state index in [1.54, 1.807) is 18.3 Å². The Balaban J connectivity index is 2.14. The molecule has 4 heteroatoms. The molecular formula is C12H19ClN2O. The van der Waals surface area contributed by atoms with Gasteiger partial charge in [-0.2, -0.15) is 0 Å². The van der Waals surface area contributed by atoms with Crippen LogP contribution in [0.3, 0.4) is 0 Å². The molecule has 1 aromatic heterocycles. The Morgan fingerprint density at radius 1 is 1.56 bits per heavy atom. The maximum absolute atomic E-state index is 5.90. The SMILES string of the molecule is CCC(C)CNCCOc1ncccc1Cl. The second-order valence-corrected chi connectivity index (χ2v) is 4.26. The number of pyridine rings is 1. The highest BCUT2D eigenvalue weighted by molar-refractivity contribution is 6.31. The van der Waals surface area contributed by atoms with E-state index in [4.69, 9.17) is 16.3 Å². The Morgan fingerprint density at radius 3 is 3.06 bits per heavy atom. The molecule has 1 heterocycles. The van der Waals surface area contributed by atoms with Crippen LogP contribution >= 0.6 is 11.6 Å².